The van der Waals surface area contributed by atoms with Crippen molar-refractivity contribution >= 4 is 6.29 Å². The molecule has 0 aromatic carbocycles. The SMILES string of the molecule is C=C1CCC2CC([C@@]3(C)CC[C@H](C)C[C@@H]3C=O)CC[C@]12C.CC.CN. The lowest BCUT2D eigenvalue weighted by molar-refractivity contribution is -0.121. The second-order valence-corrected chi connectivity index (χ2v) is 8.86. The molecule has 146 valence electrons. The van der Waals surface area contributed by atoms with E-state index in [1.54, 1.807) is 0 Å². The second kappa shape index (κ2) is 9.35. The molecule has 0 spiro atoms. The number of carbonyl (C=O) groups is 1. The highest BCUT2D eigenvalue weighted by Crippen LogP contribution is 2.61. The van der Waals surface area contributed by atoms with Crippen LogP contribution in [0.2, 0.25) is 0 Å². The number of allylic oxidation sites excluding steroid dienone is 1. The highest BCUT2D eigenvalue weighted by Gasteiger charge is 2.51. The average molecular weight is 350 g/mol. The first-order chi connectivity index (χ1) is 11.9. The van der Waals surface area contributed by atoms with Gasteiger partial charge in [-0.2, -0.15) is 0 Å². The fraction of sp³-hybridized carbons (Fsp3) is 0.870. The Labute approximate surface area is 157 Å². The van der Waals surface area contributed by atoms with Gasteiger partial charge in [-0.15, -0.1) is 0 Å². The Morgan fingerprint density at radius 2 is 1.68 bits per heavy atom. The standard InChI is InChI=1S/C20H32O.C2H6.CH5N/c1-14-7-9-20(4,18(11-14)13-21)17-8-10-19(3)15(2)5-6-16(19)12-17;2*1-2/h13-14,16-18H,2,5-12H2,1,3-4H3;1-2H3;2H2,1H3/t14-,16?,17?,18+,19+,20+;;/m0../s1. The maximum absolute atomic E-state index is 11.7. The molecule has 2 nitrogen and oxygen atoms in total. The van der Waals surface area contributed by atoms with Gasteiger partial charge in [-0.05, 0) is 80.6 Å². The molecule has 0 aromatic heterocycles. The minimum Gasteiger partial charge on any atom is -0.333 e. The van der Waals surface area contributed by atoms with Crippen molar-refractivity contribution in [3.05, 3.63) is 12.2 Å². The van der Waals surface area contributed by atoms with E-state index in [2.05, 4.69) is 33.1 Å². The normalized spacial score (nSPS) is 43.1. The van der Waals surface area contributed by atoms with Crippen LogP contribution in [0.4, 0.5) is 0 Å². The molecular weight excluding hydrogens is 306 g/mol. The summed E-state index contributed by atoms with van der Waals surface area (Å²) in [5, 5.41) is 0. The summed E-state index contributed by atoms with van der Waals surface area (Å²) in [4.78, 5) is 11.7. The lowest BCUT2D eigenvalue weighted by Crippen LogP contribution is -2.45. The van der Waals surface area contributed by atoms with Gasteiger partial charge in [-0.3, -0.25) is 0 Å². The summed E-state index contributed by atoms with van der Waals surface area (Å²) < 4.78 is 0. The molecule has 25 heavy (non-hydrogen) atoms. The molecule has 3 rings (SSSR count). The number of fused-ring (bicyclic) bond motifs is 1. The molecule has 0 heterocycles. The van der Waals surface area contributed by atoms with Crippen LogP contribution in [0.15, 0.2) is 12.2 Å². The van der Waals surface area contributed by atoms with Crippen LogP contribution < -0.4 is 5.73 Å². The third-order valence-corrected chi connectivity index (χ3v) is 7.86. The Hall–Kier alpha value is -0.630. The van der Waals surface area contributed by atoms with Crippen molar-refractivity contribution in [3.8, 4) is 0 Å². The van der Waals surface area contributed by atoms with Gasteiger partial charge >= 0.3 is 0 Å². The number of aldehydes is 1. The van der Waals surface area contributed by atoms with Crippen LogP contribution in [0.25, 0.3) is 0 Å². The molecule has 3 saturated carbocycles. The third kappa shape index (κ3) is 4.21. The Kier molecular flexibility index (Phi) is 8.38. The van der Waals surface area contributed by atoms with Crippen molar-refractivity contribution < 1.29 is 4.79 Å². The van der Waals surface area contributed by atoms with Gasteiger partial charge in [-0.1, -0.05) is 53.2 Å². The molecule has 3 aliphatic carbocycles. The van der Waals surface area contributed by atoms with Crippen LogP contribution in [-0.2, 0) is 4.79 Å². The fourth-order valence-electron chi connectivity index (χ4n) is 5.82. The van der Waals surface area contributed by atoms with Gasteiger partial charge in [-0.25, -0.2) is 0 Å². The second-order valence-electron chi connectivity index (χ2n) is 8.86. The number of carbonyl (C=O) groups excluding carboxylic acids is 1. The molecule has 0 radical (unpaired) electrons. The Morgan fingerprint density at radius 1 is 1.04 bits per heavy atom. The van der Waals surface area contributed by atoms with Gasteiger partial charge in [0.15, 0.2) is 0 Å². The minimum absolute atomic E-state index is 0.263. The number of hydrogen-bond donors (Lipinski definition) is 1. The summed E-state index contributed by atoms with van der Waals surface area (Å²) >= 11 is 0. The summed E-state index contributed by atoms with van der Waals surface area (Å²) in [7, 11) is 1.50. The van der Waals surface area contributed by atoms with E-state index in [0.717, 1.165) is 24.2 Å². The maximum Gasteiger partial charge on any atom is 0.123 e. The van der Waals surface area contributed by atoms with Crippen LogP contribution in [0.5, 0.6) is 0 Å². The van der Waals surface area contributed by atoms with E-state index in [0.29, 0.717) is 11.3 Å². The summed E-state index contributed by atoms with van der Waals surface area (Å²) in [6.45, 7) is 15.5. The van der Waals surface area contributed by atoms with E-state index in [-0.39, 0.29) is 5.41 Å². The molecule has 0 saturated heterocycles. The zero-order chi connectivity index (χ0) is 19.3. The average Bonchev–Trinajstić information content (AvgIpc) is 2.95. The van der Waals surface area contributed by atoms with Gasteiger partial charge < -0.3 is 10.5 Å². The Bertz CT molecular complexity index is 445. The molecule has 0 amide bonds. The number of hydrogen-bond acceptors (Lipinski definition) is 2. The minimum atomic E-state index is 0.263. The first-order valence-corrected chi connectivity index (χ1v) is 10.6. The molecule has 6 atom stereocenters. The molecule has 3 aliphatic rings. The van der Waals surface area contributed by atoms with Crippen molar-refractivity contribution in [2.75, 3.05) is 7.05 Å². The third-order valence-electron chi connectivity index (χ3n) is 7.86. The maximum atomic E-state index is 11.7. The summed E-state index contributed by atoms with van der Waals surface area (Å²) in [5.41, 5.74) is 6.67. The van der Waals surface area contributed by atoms with Crippen LogP contribution >= 0.6 is 0 Å². The van der Waals surface area contributed by atoms with E-state index >= 15 is 0 Å². The van der Waals surface area contributed by atoms with E-state index in [1.165, 1.54) is 63.9 Å². The highest BCUT2D eigenvalue weighted by molar-refractivity contribution is 5.55. The van der Waals surface area contributed by atoms with Crippen LogP contribution in [-0.4, -0.2) is 13.3 Å². The van der Waals surface area contributed by atoms with Gasteiger partial charge in [0, 0.05) is 5.92 Å². The lowest BCUT2D eigenvalue weighted by atomic mass is 9.52. The molecule has 0 aliphatic heterocycles. The number of rotatable bonds is 2. The van der Waals surface area contributed by atoms with Crippen LogP contribution in [0.3, 0.4) is 0 Å². The molecule has 2 N–H and O–H groups in total. The van der Waals surface area contributed by atoms with Gasteiger partial charge in [0.05, 0.1) is 0 Å². The molecule has 0 aromatic rings. The van der Waals surface area contributed by atoms with Gasteiger partial charge in [0.25, 0.3) is 0 Å². The molecule has 2 heteroatoms. The van der Waals surface area contributed by atoms with E-state index in [4.69, 9.17) is 0 Å². The fourth-order valence-corrected chi connectivity index (χ4v) is 5.82. The van der Waals surface area contributed by atoms with Crippen LogP contribution in [0, 0.1) is 34.5 Å². The quantitative estimate of drug-likeness (QED) is 0.490. The number of nitrogens with two attached hydrogens (primary N) is 1. The van der Waals surface area contributed by atoms with Crippen LogP contribution in [0.1, 0.15) is 86.0 Å². The van der Waals surface area contributed by atoms with Crippen molar-refractivity contribution in [1.29, 1.82) is 0 Å². The Balaban J connectivity index is 0.000000730. The summed E-state index contributed by atoms with van der Waals surface area (Å²) in [5.74, 6) is 2.60. The predicted molar refractivity (Wildman–Crippen MR) is 109 cm³/mol. The molecule has 0 bridgehead atoms. The lowest BCUT2D eigenvalue weighted by Gasteiger charge is -2.52. The summed E-state index contributed by atoms with van der Waals surface area (Å²) in [6.07, 6.45) is 11.5. The van der Waals surface area contributed by atoms with Gasteiger partial charge in [0.1, 0.15) is 6.29 Å². The van der Waals surface area contributed by atoms with Crippen molar-refractivity contribution in [3.63, 3.8) is 0 Å². The first kappa shape index (κ1) is 22.4. The molecule has 2 unspecified atom stereocenters. The first-order valence-electron chi connectivity index (χ1n) is 10.6. The largest absolute Gasteiger partial charge is 0.333 e. The summed E-state index contributed by atoms with van der Waals surface area (Å²) in [6, 6.07) is 0. The zero-order valence-electron chi connectivity index (χ0n) is 17.7. The molecule has 3 fully saturated rings. The van der Waals surface area contributed by atoms with E-state index in [1.807, 2.05) is 13.8 Å². The molecular formula is C23H43NO. The van der Waals surface area contributed by atoms with Crippen molar-refractivity contribution in [1.82, 2.24) is 0 Å². The topological polar surface area (TPSA) is 43.1 Å². The monoisotopic (exact) mass is 349 g/mol. The Morgan fingerprint density at radius 3 is 2.28 bits per heavy atom. The van der Waals surface area contributed by atoms with E-state index < -0.39 is 0 Å². The highest BCUT2D eigenvalue weighted by atomic mass is 16.1. The predicted octanol–water partition coefficient (Wildman–Crippen LogP) is 6.00. The van der Waals surface area contributed by atoms with Crippen molar-refractivity contribution in [2.45, 2.75) is 86.0 Å². The van der Waals surface area contributed by atoms with E-state index in [9.17, 15) is 4.79 Å². The zero-order valence-corrected chi connectivity index (χ0v) is 17.7. The van der Waals surface area contributed by atoms with Crippen molar-refractivity contribution in [2.24, 2.45) is 40.2 Å². The smallest absolute Gasteiger partial charge is 0.123 e. The van der Waals surface area contributed by atoms with Gasteiger partial charge in [0.2, 0.25) is 0 Å².